The second kappa shape index (κ2) is 2.77. The smallest absolute Gasteiger partial charge is 0.325 e. The Kier molecular flexibility index (Phi) is 2.00. The van der Waals surface area contributed by atoms with Crippen LogP contribution in [0.15, 0.2) is 12.4 Å². The first-order chi connectivity index (χ1) is 4.34. The largest absolute Gasteiger partial charge is 0.337 e. The standard InChI is InChI=1S/C5H8N2OS/c8-5(6-1-4-9)7-2-3-7/h2-3,9H,1,4H2,(H,6,8). The molecule has 0 atom stereocenters. The van der Waals surface area contributed by atoms with Gasteiger partial charge in [-0.1, -0.05) is 0 Å². The summed E-state index contributed by atoms with van der Waals surface area (Å²) in [4.78, 5) is 12.2. The zero-order chi connectivity index (χ0) is 6.69. The normalized spacial score (nSPS) is 13.7. The summed E-state index contributed by atoms with van der Waals surface area (Å²) < 4.78 is 0. The van der Waals surface area contributed by atoms with Crippen LogP contribution in [0.25, 0.3) is 0 Å². The molecule has 9 heavy (non-hydrogen) atoms. The van der Waals surface area contributed by atoms with E-state index >= 15 is 0 Å². The monoisotopic (exact) mass is 144 g/mol. The molecule has 50 valence electrons. The van der Waals surface area contributed by atoms with Crippen LogP contribution in [0.1, 0.15) is 0 Å². The van der Waals surface area contributed by atoms with Gasteiger partial charge >= 0.3 is 6.03 Å². The Hall–Kier alpha value is -0.640. The maximum Gasteiger partial charge on any atom is 0.325 e. The first-order valence-electron chi connectivity index (χ1n) is 2.70. The van der Waals surface area contributed by atoms with Crippen molar-refractivity contribution in [2.75, 3.05) is 12.3 Å². The van der Waals surface area contributed by atoms with Gasteiger partial charge in [0.1, 0.15) is 0 Å². The molecule has 0 radical (unpaired) electrons. The molecule has 0 aliphatic carbocycles. The van der Waals surface area contributed by atoms with Crippen molar-refractivity contribution < 1.29 is 4.79 Å². The van der Waals surface area contributed by atoms with Crippen LogP contribution >= 0.6 is 12.6 Å². The molecule has 0 saturated heterocycles. The molecular formula is C5H8N2OS. The van der Waals surface area contributed by atoms with Crippen LogP contribution in [0, 0.1) is 0 Å². The van der Waals surface area contributed by atoms with Gasteiger partial charge in [-0.05, 0) is 0 Å². The van der Waals surface area contributed by atoms with Crippen molar-refractivity contribution in [1.29, 1.82) is 0 Å². The lowest BCUT2D eigenvalue weighted by Gasteiger charge is -2.01. The first-order valence-corrected chi connectivity index (χ1v) is 3.33. The van der Waals surface area contributed by atoms with Crippen LogP contribution < -0.4 is 5.32 Å². The lowest BCUT2D eigenvalue weighted by atomic mass is 10.7. The minimum absolute atomic E-state index is 0.0657. The minimum atomic E-state index is -0.0657. The van der Waals surface area contributed by atoms with Gasteiger partial charge in [-0.3, -0.25) is 4.90 Å². The van der Waals surface area contributed by atoms with Gasteiger partial charge in [0.25, 0.3) is 0 Å². The van der Waals surface area contributed by atoms with Crippen LogP contribution in [-0.2, 0) is 0 Å². The first kappa shape index (κ1) is 6.48. The van der Waals surface area contributed by atoms with Crippen LogP contribution in [-0.4, -0.2) is 23.2 Å². The number of carbonyl (C=O) groups excluding carboxylic acids is 1. The Morgan fingerprint density at radius 2 is 2.33 bits per heavy atom. The molecule has 1 aliphatic heterocycles. The predicted molar refractivity (Wildman–Crippen MR) is 38.2 cm³/mol. The summed E-state index contributed by atoms with van der Waals surface area (Å²) in [6, 6.07) is -0.0657. The summed E-state index contributed by atoms with van der Waals surface area (Å²) in [5.74, 6) is 0.680. The van der Waals surface area contributed by atoms with Gasteiger partial charge in [-0.2, -0.15) is 12.6 Å². The highest BCUT2D eigenvalue weighted by molar-refractivity contribution is 7.80. The molecule has 0 aromatic carbocycles. The Balaban J connectivity index is 2.04. The van der Waals surface area contributed by atoms with E-state index in [2.05, 4.69) is 17.9 Å². The Morgan fingerprint density at radius 3 is 2.78 bits per heavy atom. The van der Waals surface area contributed by atoms with Crippen LogP contribution in [0.3, 0.4) is 0 Å². The van der Waals surface area contributed by atoms with Gasteiger partial charge in [0.05, 0.1) is 0 Å². The molecule has 0 bridgehead atoms. The molecular weight excluding hydrogens is 136 g/mol. The molecule has 1 heterocycles. The van der Waals surface area contributed by atoms with Gasteiger partial charge in [0, 0.05) is 24.7 Å². The Labute approximate surface area is 59.1 Å². The van der Waals surface area contributed by atoms with E-state index in [4.69, 9.17) is 0 Å². The number of nitrogens with one attached hydrogen (secondary N) is 1. The minimum Gasteiger partial charge on any atom is -0.337 e. The third kappa shape index (κ3) is 1.97. The molecule has 0 saturated carbocycles. The van der Waals surface area contributed by atoms with E-state index in [1.54, 1.807) is 12.4 Å². The van der Waals surface area contributed by atoms with Gasteiger partial charge < -0.3 is 5.32 Å². The Morgan fingerprint density at radius 1 is 1.67 bits per heavy atom. The van der Waals surface area contributed by atoms with Crippen LogP contribution in [0.4, 0.5) is 4.79 Å². The van der Waals surface area contributed by atoms with Gasteiger partial charge in [-0.25, -0.2) is 4.79 Å². The fourth-order valence-electron chi connectivity index (χ4n) is 0.423. The van der Waals surface area contributed by atoms with Crippen molar-refractivity contribution in [3.63, 3.8) is 0 Å². The molecule has 1 N–H and O–H groups in total. The third-order valence-corrected chi connectivity index (χ3v) is 1.14. The maximum absolute atomic E-state index is 10.7. The fourth-order valence-corrected chi connectivity index (χ4v) is 0.535. The van der Waals surface area contributed by atoms with E-state index in [0.717, 1.165) is 0 Å². The number of amides is 2. The molecule has 1 aliphatic rings. The topological polar surface area (TPSA) is 32.1 Å². The van der Waals surface area contributed by atoms with Crippen molar-refractivity contribution in [3.8, 4) is 0 Å². The SMILES string of the molecule is O=C(NCCS)N1C=C1. The number of carbonyl (C=O) groups is 1. The lowest BCUT2D eigenvalue weighted by molar-refractivity contribution is 0.233. The molecule has 0 fully saturated rings. The van der Waals surface area contributed by atoms with Crippen molar-refractivity contribution in [2.45, 2.75) is 0 Å². The molecule has 2 amide bonds. The summed E-state index contributed by atoms with van der Waals surface area (Å²) in [6.45, 7) is 0.625. The summed E-state index contributed by atoms with van der Waals surface area (Å²) in [6.07, 6.45) is 3.40. The molecule has 3 nitrogen and oxygen atoms in total. The number of hydrogen-bond acceptors (Lipinski definition) is 2. The summed E-state index contributed by atoms with van der Waals surface area (Å²) in [5, 5.41) is 2.64. The predicted octanol–water partition coefficient (Wildman–Crippen LogP) is 0.413. The highest BCUT2D eigenvalue weighted by Crippen LogP contribution is 2.04. The average molecular weight is 144 g/mol. The zero-order valence-corrected chi connectivity index (χ0v) is 5.77. The molecule has 0 spiro atoms. The number of thiol groups is 1. The highest BCUT2D eigenvalue weighted by atomic mass is 32.1. The molecule has 0 aromatic heterocycles. The molecule has 0 aromatic rings. The van der Waals surface area contributed by atoms with E-state index < -0.39 is 0 Å². The second-order valence-corrected chi connectivity index (χ2v) is 2.11. The second-order valence-electron chi connectivity index (χ2n) is 1.66. The number of rotatable bonds is 2. The van der Waals surface area contributed by atoms with Crippen molar-refractivity contribution in [3.05, 3.63) is 12.4 Å². The quantitative estimate of drug-likeness (QED) is 0.541. The summed E-state index contributed by atoms with van der Waals surface area (Å²) in [7, 11) is 0. The Bertz CT molecular complexity index is 140. The average Bonchev–Trinajstić information content (AvgIpc) is 2.63. The summed E-state index contributed by atoms with van der Waals surface area (Å²) >= 11 is 3.93. The van der Waals surface area contributed by atoms with Gasteiger partial charge in [0.15, 0.2) is 0 Å². The van der Waals surface area contributed by atoms with Crippen molar-refractivity contribution in [1.82, 2.24) is 10.2 Å². The van der Waals surface area contributed by atoms with Crippen molar-refractivity contribution in [2.24, 2.45) is 0 Å². The maximum atomic E-state index is 10.7. The number of urea groups is 1. The lowest BCUT2D eigenvalue weighted by Crippen LogP contribution is -2.29. The van der Waals surface area contributed by atoms with Gasteiger partial charge in [-0.15, -0.1) is 0 Å². The van der Waals surface area contributed by atoms with Crippen molar-refractivity contribution >= 4 is 18.7 Å². The molecule has 1 rings (SSSR count). The van der Waals surface area contributed by atoms with E-state index in [1.807, 2.05) is 0 Å². The van der Waals surface area contributed by atoms with E-state index in [1.165, 1.54) is 4.90 Å². The van der Waals surface area contributed by atoms with Crippen LogP contribution in [0.2, 0.25) is 0 Å². The third-order valence-electron chi connectivity index (χ3n) is 0.921. The fraction of sp³-hybridized carbons (Fsp3) is 0.400. The summed E-state index contributed by atoms with van der Waals surface area (Å²) in [5.41, 5.74) is 0. The van der Waals surface area contributed by atoms with E-state index in [0.29, 0.717) is 12.3 Å². The molecule has 0 unspecified atom stereocenters. The van der Waals surface area contributed by atoms with E-state index in [-0.39, 0.29) is 6.03 Å². The molecule has 4 heteroatoms. The number of hydrogen-bond donors (Lipinski definition) is 2. The van der Waals surface area contributed by atoms with Crippen LogP contribution in [0.5, 0.6) is 0 Å². The van der Waals surface area contributed by atoms with Gasteiger partial charge in [0.2, 0.25) is 0 Å². The number of nitrogens with zero attached hydrogens (tertiary/aromatic N) is 1. The highest BCUT2D eigenvalue weighted by Gasteiger charge is 2.13. The van der Waals surface area contributed by atoms with E-state index in [9.17, 15) is 4.79 Å². The zero-order valence-electron chi connectivity index (χ0n) is 4.87.